The summed E-state index contributed by atoms with van der Waals surface area (Å²) in [7, 11) is 0. The van der Waals surface area contributed by atoms with E-state index in [9.17, 15) is 4.79 Å². The summed E-state index contributed by atoms with van der Waals surface area (Å²) < 4.78 is 11.7. The SMILES string of the molecule is CCN(CC)CCO/C=C1\C(=O)C2(C)CCC1C(C)(C)O2. The second kappa shape index (κ2) is 6.09. The molecule has 0 aromatic heterocycles. The molecular formula is C17H29NO3. The van der Waals surface area contributed by atoms with Crippen molar-refractivity contribution >= 4 is 5.78 Å². The largest absolute Gasteiger partial charge is 0.499 e. The lowest BCUT2D eigenvalue weighted by Crippen LogP contribution is -2.60. The first-order chi connectivity index (χ1) is 9.84. The maximum Gasteiger partial charge on any atom is 0.193 e. The van der Waals surface area contributed by atoms with E-state index in [1.165, 1.54) is 0 Å². The van der Waals surface area contributed by atoms with Crippen molar-refractivity contribution in [3.05, 3.63) is 11.8 Å². The number of rotatable bonds is 6. The van der Waals surface area contributed by atoms with Crippen LogP contribution in [-0.2, 0) is 14.3 Å². The summed E-state index contributed by atoms with van der Waals surface area (Å²) in [6.07, 6.45) is 3.52. The Morgan fingerprint density at radius 3 is 2.57 bits per heavy atom. The summed E-state index contributed by atoms with van der Waals surface area (Å²) in [5, 5.41) is 0. The van der Waals surface area contributed by atoms with E-state index in [0.717, 1.165) is 38.0 Å². The maximum atomic E-state index is 12.6. The van der Waals surface area contributed by atoms with Gasteiger partial charge in [0.25, 0.3) is 0 Å². The number of Topliss-reactive ketones (excluding diaryl/α,β-unsaturated/α-hetero) is 1. The topological polar surface area (TPSA) is 38.8 Å². The number of hydrogen-bond acceptors (Lipinski definition) is 4. The molecule has 4 heteroatoms. The number of likely N-dealkylation sites (N-methyl/N-ethyl adjacent to an activating group) is 1. The molecule has 2 heterocycles. The standard InChI is InChI=1S/C17H29NO3/c1-6-18(7-2)10-11-20-12-13-14-8-9-17(5,15(13)19)21-16(14,3)4/h12,14H,6-11H2,1-5H3/b13-12-. The van der Waals surface area contributed by atoms with Crippen molar-refractivity contribution in [1.82, 2.24) is 4.90 Å². The molecule has 3 fully saturated rings. The highest BCUT2D eigenvalue weighted by Crippen LogP contribution is 2.50. The van der Waals surface area contributed by atoms with Crippen LogP contribution in [0.15, 0.2) is 11.8 Å². The van der Waals surface area contributed by atoms with Gasteiger partial charge in [0.1, 0.15) is 5.60 Å². The number of fused-ring (bicyclic) bond motifs is 3. The minimum absolute atomic E-state index is 0.112. The molecule has 1 aliphatic carbocycles. The van der Waals surface area contributed by atoms with E-state index in [1.54, 1.807) is 6.26 Å². The zero-order chi connectivity index (χ0) is 15.7. The van der Waals surface area contributed by atoms with Crippen LogP contribution in [0.5, 0.6) is 0 Å². The Bertz CT molecular complexity index is 426. The van der Waals surface area contributed by atoms with E-state index in [4.69, 9.17) is 9.47 Å². The zero-order valence-corrected chi connectivity index (χ0v) is 14.1. The van der Waals surface area contributed by atoms with Gasteiger partial charge >= 0.3 is 0 Å². The molecule has 0 aromatic rings. The molecule has 3 aliphatic rings. The average Bonchev–Trinajstić information content (AvgIpc) is 2.41. The lowest BCUT2D eigenvalue weighted by Gasteiger charge is -2.53. The highest BCUT2D eigenvalue weighted by molar-refractivity contribution is 6.03. The van der Waals surface area contributed by atoms with Crippen LogP contribution >= 0.6 is 0 Å². The van der Waals surface area contributed by atoms with Crippen LogP contribution in [0.2, 0.25) is 0 Å². The lowest BCUT2D eigenvalue weighted by atomic mass is 9.65. The van der Waals surface area contributed by atoms with Crippen LogP contribution in [0.4, 0.5) is 0 Å². The van der Waals surface area contributed by atoms with Crippen LogP contribution in [0, 0.1) is 5.92 Å². The van der Waals surface area contributed by atoms with Gasteiger partial charge in [0.2, 0.25) is 0 Å². The molecule has 2 bridgehead atoms. The highest BCUT2D eigenvalue weighted by atomic mass is 16.5. The second-order valence-electron chi connectivity index (χ2n) is 6.83. The normalized spacial score (nSPS) is 33.0. The van der Waals surface area contributed by atoms with E-state index >= 15 is 0 Å². The quantitative estimate of drug-likeness (QED) is 0.429. The summed E-state index contributed by atoms with van der Waals surface area (Å²) in [5.41, 5.74) is -0.124. The van der Waals surface area contributed by atoms with Gasteiger partial charge in [0.15, 0.2) is 5.78 Å². The maximum absolute atomic E-state index is 12.6. The van der Waals surface area contributed by atoms with Gasteiger partial charge in [-0.05, 0) is 46.7 Å². The number of ether oxygens (including phenoxy) is 2. The molecule has 1 saturated carbocycles. The predicted octanol–water partition coefficient (Wildman–Crippen LogP) is 2.78. The Hall–Kier alpha value is -0.870. The third-order valence-corrected chi connectivity index (χ3v) is 4.99. The smallest absolute Gasteiger partial charge is 0.193 e. The third-order valence-electron chi connectivity index (χ3n) is 4.99. The van der Waals surface area contributed by atoms with Crippen molar-refractivity contribution in [3.63, 3.8) is 0 Å². The van der Waals surface area contributed by atoms with Gasteiger partial charge in [0, 0.05) is 18.0 Å². The van der Waals surface area contributed by atoms with Crippen LogP contribution in [0.25, 0.3) is 0 Å². The Kier molecular flexibility index (Phi) is 4.79. The van der Waals surface area contributed by atoms with E-state index in [2.05, 4.69) is 32.6 Å². The average molecular weight is 295 g/mol. The molecule has 120 valence electrons. The van der Waals surface area contributed by atoms with Gasteiger partial charge in [0.05, 0.1) is 18.5 Å². The molecule has 0 amide bonds. The molecule has 0 radical (unpaired) electrons. The first-order valence-corrected chi connectivity index (χ1v) is 8.13. The summed E-state index contributed by atoms with van der Waals surface area (Å²) in [4.78, 5) is 14.9. The number of hydrogen-bond donors (Lipinski definition) is 0. The van der Waals surface area contributed by atoms with Gasteiger partial charge < -0.3 is 14.4 Å². The number of carbonyl (C=O) groups excluding carboxylic acids is 1. The van der Waals surface area contributed by atoms with Crippen molar-refractivity contribution < 1.29 is 14.3 Å². The summed E-state index contributed by atoms with van der Waals surface area (Å²) in [6.45, 7) is 13.9. The number of carbonyl (C=O) groups is 1. The Balaban J connectivity index is 2.02. The highest BCUT2D eigenvalue weighted by Gasteiger charge is 2.56. The summed E-state index contributed by atoms with van der Waals surface area (Å²) in [5.74, 6) is 0.265. The van der Waals surface area contributed by atoms with E-state index in [0.29, 0.717) is 6.61 Å². The van der Waals surface area contributed by atoms with Crippen molar-refractivity contribution in [2.45, 2.75) is 58.7 Å². The Morgan fingerprint density at radius 1 is 1.33 bits per heavy atom. The van der Waals surface area contributed by atoms with Crippen LogP contribution < -0.4 is 0 Å². The van der Waals surface area contributed by atoms with E-state index in [1.807, 2.05) is 6.92 Å². The van der Waals surface area contributed by atoms with Gasteiger partial charge in [-0.25, -0.2) is 0 Å². The minimum atomic E-state index is -0.660. The van der Waals surface area contributed by atoms with Crippen molar-refractivity contribution in [2.75, 3.05) is 26.2 Å². The van der Waals surface area contributed by atoms with Crippen molar-refractivity contribution in [2.24, 2.45) is 5.92 Å². The second-order valence-corrected chi connectivity index (χ2v) is 6.83. The first kappa shape index (κ1) is 16.5. The monoisotopic (exact) mass is 295 g/mol. The molecule has 4 nitrogen and oxygen atoms in total. The fourth-order valence-corrected chi connectivity index (χ4v) is 3.63. The molecule has 21 heavy (non-hydrogen) atoms. The van der Waals surface area contributed by atoms with E-state index in [-0.39, 0.29) is 17.3 Å². The molecule has 0 spiro atoms. The zero-order valence-electron chi connectivity index (χ0n) is 14.1. The summed E-state index contributed by atoms with van der Waals surface area (Å²) >= 11 is 0. The molecule has 2 unspecified atom stereocenters. The lowest BCUT2D eigenvalue weighted by molar-refractivity contribution is -0.207. The molecule has 2 aliphatic heterocycles. The minimum Gasteiger partial charge on any atom is -0.499 e. The predicted molar refractivity (Wildman–Crippen MR) is 83.1 cm³/mol. The van der Waals surface area contributed by atoms with Crippen molar-refractivity contribution in [1.29, 1.82) is 0 Å². The van der Waals surface area contributed by atoms with Gasteiger partial charge in [-0.3, -0.25) is 4.79 Å². The Morgan fingerprint density at radius 2 is 2.00 bits per heavy atom. The fourth-order valence-electron chi connectivity index (χ4n) is 3.63. The number of ketones is 1. The number of nitrogens with zero attached hydrogens (tertiary/aromatic N) is 1. The first-order valence-electron chi connectivity index (χ1n) is 8.13. The van der Waals surface area contributed by atoms with Crippen LogP contribution in [-0.4, -0.2) is 48.1 Å². The molecular weight excluding hydrogens is 266 g/mol. The van der Waals surface area contributed by atoms with Crippen LogP contribution in [0.1, 0.15) is 47.5 Å². The van der Waals surface area contributed by atoms with E-state index < -0.39 is 5.60 Å². The summed E-state index contributed by atoms with van der Waals surface area (Å²) in [6, 6.07) is 0. The Labute approximate surface area is 128 Å². The van der Waals surface area contributed by atoms with Crippen molar-refractivity contribution in [3.8, 4) is 0 Å². The van der Waals surface area contributed by atoms with Crippen LogP contribution in [0.3, 0.4) is 0 Å². The third kappa shape index (κ3) is 3.16. The van der Waals surface area contributed by atoms with Gasteiger partial charge in [-0.1, -0.05) is 13.8 Å². The molecule has 0 aromatic carbocycles. The molecule has 2 saturated heterocycles. The fraction of sp³-hybridized carbons (Fsp3) is 0.824. The van der Waals surface area contributed by atoms with Gasteiger partial charge in [-0.15, -0.1) is 0 Å². The molecule has 2 atom stereocenters. The molecule has 0 N–H and O–H groups in total. The van der Waals surface area contributed by atoms with Gasteiger partial charge in [-0.2, -0.15) is 0 Å². The molecule has 3 rings (SSSR count).